The van der Waals surface area contributed by atoms with E-state index in [1.54, 1.807) is 25.6 Å². The van der Waals surface area contributed by atoms with Crippen molar-refractivity contribution in [3.05, 3.63) is 0 Å². The van der Waals surface area contributed by atoms with Gasteiger partial charge >= 0.3 is 0 Å². The molecular weight excluding hydrogens is 160 g/mol. The first-order chi connectivity index (χ1) is 4.95. The van der Waals surface area contributed by atoms with E-state index in [1.807, 2.05) is 6.92 Å². The summed E-state index contributed by atoms with van der Waals surface area (Å²) in [7, 11) is 0. The van der Waals surface area contributed by atoms with Crippen molar-refractivity contribution in [2.24, 2.45) is 5.92 Å². The molecule has 0 aromatic heterocycles. The molecule has 68 valence electrons. The average Bonchev–Trinajstić information content (AvgIpc) is 1.85. The minimum absolute atomic E-state index is 0.235. The average molecular weight is 178 g/mol. The first-order valence-electron chi connectivity index (χ1n) is 3.86. The van der Waals surface area contributed by atoms with Crippen molar-refractivity contribution in [3.8, 4) is 0 Å². The molecule has 0 spiro atoms. The Hall–Kier alpha value is 0.270. The summed E-state index contributed by atoms with van der Waals surface area (Å²) < 4.78 is 0. The third-order valence-electron chi connectivity index (χ3n) is 1.17. The van der Waals surface area contributed by atoms with Crippen molar-refractivity contribution >= 4 is 11.8 Å². The minimum Gasteiger partial charge on any atom is -0.396 e. The molecule has 0 amide bonds. The van der Waals surface area contributed by atoms with Crippen LogP contribution >= 0.6 is 11.8 Å². The Morgan fingerprint density at radius 3 is 2.36 bits per heavy atom. The zero-order valence-electron chi connectivity index (χ0n) is 7.50. The monoisotopic (exact) mass is 178 g/mol. The van der Waals surface area contributed by atoms with E-state index in [-0.39, 0.29) is 6.61 Å². The highest BCUT2D eigenvalue weighted by Crippen LogP contribution is 2.14. The molecule has 1 unspecified atom stereocenters. The lowest BCUT2D eigenvalue weighted by Gasteiger charge is -2.17. The van der Waals surface area contributed by atoms with Gasteiger partial charge in [0, 0.05) is 12.4 Å². The summed E-state index contributed by atoms with van der Waals surface area (Å²) in [5.41, 5.74) is -0.583. The first-order valence-corrected chi connectivity index (χ1v) is 5.02. The number of hydrogen-bond acceptors (Lipinski definition) is 3. The summed E-state index contributed by atoms with van der Waals surface area (Å²) >= 11 is 1.68. The van der Waals surface area contributed by atoms with E-state index >= 15 is 0 Å². The molecule has 0 fully saturated rings. The van der Waals surface area contributed by atoms with Crippen LogP contribution < -0.4 is 0 Å². The summed E-state index contributed by atoms with van der Waals surface area (Å²) in [6, 6.07) is 0. The molecule has 0 saturated carbocycles. The standard InChI is InChI=1S/C8H18O2S/c1-7(4-9)5-11-6-8(2,3)10/h7,9-10H,4-6H2,1-3H3. The number of hydrogen-bond donors (Lipinski definition) is 2. The molecule has 0 rings (SSSR count). The van der Waals surface area contributed by atoms with Crippen LogP contribution in [0.2, 0.25) is 0 Å². The number of aliphatic hydroxyl groups is 2. The zero-order valence-corrected chi connectivity index (χ0v) is 8.32. The Labute approximate surface area is 73.0 Å². The summed E-state index contributed by atoms with van der Waals surface area (Å²) in [4.78, 5) is 0. The fraction of sp³-hybridized carbons (Fsp3) is 1.00. The van der Waals surface area contributed by atoms with Crippen LogP contribution in [-0.4, -0.2) is 33.9 Å². The summed E-state index contributed by atoms with van der Waals surface area (Å²) in [6.07, 6.45) is 0. The molecule has 0 aliphatic heterocycles. The Morgan fingerprint density at radius 1 is 1.45 bits per heavy atom. The topological polar surface area (TPSA) is 40.5 Å². The third-order valence-corrected chi connectivity index (χ3v) is 2.88. The molecule has 0 aliphatic rings. The smallest absolute Gasteiger partial charge is 0.0681 e. The highest BCUT2D eigenvalue weighted by atomic mass is 32.2. The van der Waals surface area contributed by atoms with E-state index in [1.165, 1.54) is 0 Å². The van der Waals surface area contributed by atoms with Crippen molar-refractivity contribution in [3.63, 3.8) is 0 Å². The molecule has 11 heavy (non-hydrogen) atoms. The molecule has 0 bridgehead atoms. The van der Waals surface area contributed by atoms with E-state index in [0.29, 0.717) is 5.92 Å². The van der Waals surface area contributed by atoms with Gasteiger partial charge in [-0.3, -0.25) is 0 Å². The fourth-order valence-electron chi connectivity index (χ4n) is 0.563. The third kappa shape index (κ3) is 8.17. The van der Waals surface area contributed by atoms with Gasteiger partial charge in [-0.2, -0.15) is 11.8 Å². The van der Waals surface area contributed by atoms with Gasteiger partial charge in [0.2, 0.25) is 0 Å². The molecule has 0 saturated heterocycles. The first kappa shape index (κ1) is 11.3. The van der Waals surface area contributed by atoms with E-state index in [9.17, 15) is 5.11 Å². The number of thioether (sulfide) groups is 1. The molecule has 0 radical (unpaired) electrons. The van der Waals surface area contributed by atoms with Crippen molar-refractivity contribution in [2.75, 3.05) is 18.1 Å². The van der Waals surface area contributed by atoms with Crippen LogP contribution in [0.3, 0.4) is 0 Å². The van der Waals surface area contributed by atoms with E-state index < -0.39 is 5.60 Å². The van der Waals surface area contributed by atoms with Crippen LogP contribution in [0.15, 0.2) is 0 Å². The minimum atomic E-state index is -0.583. The van der Waals surface area contributed by atoms with Gasteiger partial charge in [-0.05, 0) is 25.5 Å². The Bertz CT molecular complexity index is 98.8. The van der Waals surface area contributed by atoms with Gasteiger partial charge in [0.15, 0.2) is 0 Å². The van der Waals surface area contributed by atoms with Crippen molar-refractivity contribution in [1.29, 1.82) is 0 Å². The van der Waals surface area contributed by atoms with Gasteiger partial charge in [-0.25, -0.2) is 0 Å². The largest absolute Gasteiger partial charge is 0.396 e. The zero-order chi connectivity index (χ0) is 8.91. The molecule has 0 aliphatic carbocycles. The van der Waals surface area contributed by atoms with Gasteiger partial charge < -0.3 is 10.2 Å². The SMILES string of the molecule is CC(CO)CSCC(C)(C)O. The van der Waals surface area contributed by atoms with Crippen LogP contribution in [0.1, 0.15) is 20.8 Å². The van der Waals surface area contributed by atoms with Crippen LogP contribution in [0.25, 0.3) is 0 Å². The highest BCUT2D eigenvalue weighted by Gasteiger charge is 2.12. The van der Waals surface area contributed by atoms with Crippen molar-refractivity contribution < 1.29 is 10.2 Å². The van der Waals surface area contributed by atoms with Crippen molar-refractivity contribution in [1.82, 2.24) is 0 Å². The predicted octanol–water partition coefficient (Wildman–Crippen LogP) is 1.12. The molecule has 2 N–H and O–H groups in total. The van der Waals surface area contributed by atoms with Crippen LogP contribution in [0.4, 0.5) is 0 Å². The fourth-order valence-corrected chi connectivity index (χ4v) is 1.69. The Morgan fingerprint density at radius 2 is 2.00 bits per heavy atom. The van der Waals surface area contributed by atoms with Gasteiger partial charge in [-0.15, -0.1) is 0 Å². The lowest BCUT2D eigenvalue weighted by Crippen LogP contribution is -2.22. The van der Waals surface area contributed by atoms with Gasteiger partial charge in [-0.1, -0.05) is 6.92 Å². The van der Waals surface area contributed by atoms with Crippen molar-refractivity contribution in [2.45, 2.75) is 26.4 Å². The van der Waals surface area contributed by atoms with Crippen LogP contribution in [0, 0.1) is 5.92 Å². The molecular formula is C8H18O2S. The molecule has 2 nitrogen and oxygen atoms in total. The lowest BCUT2D eigenvalue weighted by molar-refractivity contribution is 0.107. The molecule has 1 atom stereocenters. The molecule has 3 heteroatoms. The maximum atomic E-state index is 9.32. The molecule has 0 aromatic rings. The maximum absolute atomic E-state index is 9.32. The van der Waals surface area contributed by atoms with E-state index in [2.05, 4.69) is 0 Å². The summed E-state index contributed by atoms with van der Waals surface area (Å²) in [6.45, 7) is 5.82. The quantitative estimate of drug-likeness (QED) is 0.663. The lowest BCUT2D eigenvalue weighted by atomic mass is 10.2. The number of rotatable bonds is 5. The van der Waals surface area contributed by atoms with Gasteiger partial charge in [0.25, 0.3) is 0 Å². The normalized spacial score (nSPS) is 15.0. The summed E-state index contributed by atoms with van der Waals surface area (Å²) in [5.74, 6) is 1.99. The molecule has 0 aromatic carbocycles. The Balaban J connectivity index is 3.28. The van der Waals surface area contributed by atoms with E-state index in [0.717, 1.165) is 11.5 Å². The summed E-state index contributed by atoms with van der Waals surface area (Å²) in [5, 5.41) is 18.0. The predicted molar refractivity (Wildman–Crippen MR) is 49.9 cm³/mol. The van der Waals surface area contributed by atoms with Gasteiger partial charge in [0.05, 0.1) is 5.60 Å². The van der Waals surface area contributed by atoms with Crippen LogP contribution in [0.5, 0.6) is 0 Å². The highest BCUT2D eigenvalue weighted by molar-refractivity contribution is 7.99. The number of aliphatic hydroxyl groups excluding tert-OH is 1. The maximum Gasteiger partial charge on any atom is 0.0681 e. The molecule has 0 heterocycles. The van der Waals surface area contributed by atoms with Gasteiger partial charge in [0.1, 0.15) is 0 Å². The second kappa shape index (κ2) is 5.01. The van der Waals surface area contributed by atoms with E-state index in [4.69, 9.17) is 5.11 Å². The second-order valence-electron chi connectivity index (χ2n) is 3.62. The Kier molecular flexibility index (Phi) is 5.13. The van der Waals surface area contributed by atoms with Crippen LogP contribution in [-0.2, 0) is 0 Å². The second-order valence-corrected chi connectivity index (χ2v) is 4.65.